The van der Waals surface area contributed by atoms with Gasteiger partial charge in [0, 0.05) is 17.0 Å². The number of carbonyl (C=O) groups is 1. The van der Waals surface area contributed by atoms with Crippen molar-refractivity contribution in [3.8, 4) is 11.8 Å². The molecule has 1 saturated carbocycles. The van der Waals surface area contributed by atoms with Crippen LogP contribution in [-0.2, 0) is 5.41 Å². The van der Waals surface area contributed by atoms with Crippen LogP contribution in [0.15, 0.2) is 91.0 Å². The Morgan fingerprint density at radius 1 is 0.800 bits per heavy atom. The van der Waals surface area contributed by atoms with Crippen LogP contribution in [0.4, 0.5) is 0 Å². The molecule has 1 nitrogen and oxygen atoms in total. The van der Waals surface area contributed by atoms with Crippen LogP contribution in [0.2, 0.25) is 0 Å². The van der Waals surface area contributed by atoms with Gasteiger partial charge in [0.05, 0.1) is 5.41 Å². The van der Waals surface area contributed by atoms with E-state index in [4.69, 9.17) is 0 Å². The molecule has 0 heterocycles. The Morgan fingerprint density at radius 2 is 1.36 bits per heavy atom. The Morgan fingerprint density at radius 3 is 2.00 bits per heavy atom. The second-order valence-corrected chi connectivity index (χ2v) is 6.44. The van der Waals surface area contributed by atoms with E-state index in [9.17, 15) is 4.79 Å². The van der Waals surface area contributed by atoms with E-state index in [1.54, 1.807) is 0 Å². The predicted octanol–water partition coefficient (Wildman–Crippen LogP) is 4.88. The average Bonchev–Trinajstić information content (AvgIpc) is 3.44. The molecule has 0 aromatic heterocycles. The summed E-state index contributed by atoms with van der Waals surface area (Å²) in [6.07, 6.45) is 0.782. The highest BCUT2D eigenvalue weighted by Crippen LogP contribution is 2.55. The minimum Gasteiger partial charge on any atom is -0.294 e. The lowest BCUT2D eigenvalue weighted by Gasteiger charge is -2.11. The topological polar surface area (TPSA) is 17.1 Å². The second kappa shape index (κ2) is 6.42. The van der Waals surface area contributed by atoms with Crippen molar-refractivity contribution in [1.82, 2.24) is 0 Å². The van der Waals surface area contributed by atoms with Gasteiger partial charge in [-0.1, -0.05) is 90.7 Å². The molecule has 2 atom stereocenters. The molecular weight excluding hydrogens is 304 g/mol. The van der Waals surface area contributed by atoms with Crippen molar-refractivity contribution >= 4 is 5.78 Å². The Labute approximate surface area is 148 Å². The smallest absolute Gasteiger partial charge is 0.167 e. The summed E-state index contributed by atoms with van der Waals surface area (Å²) >= 11 is 0. The summed E-state index contributed by atoms with van der Waals surface area (Å²) < 4.78 is 0. The molecule has 0 aliphatic heterocycles. The van der Waals surface area contributed by atoms with Gasteiger partial charge < -0.3 is 0 Å². The largest absolute Gasteiger partial charge is 0.294 e. The summed E-state index contributed by atoms with van der Waals surface area (Å²) in [6, 6.07) is 29.7. The average molecular weight is 322 g/mol. The third kappa shape index (κ3) is 2.99. The van der Waals surface area contributed by atoms with Gasteiger partial charge in [0.15, 0.2) is 5.78 Å². The van der Waals surface area contributed by atoms with Crippen LogP contribution in [0.5, 0.6) is 0 Å². The molecule has 1 aliphatic carbocycles. The molecule has 0 N–H and O–H groups in total. The highest BCUT2D eigenvalue weighted by Gasteiger charge is 2.58. The molecule has 120 valence electrons. The molecule has 0 unspecified atom stereocenters. The SMILES string of the molecule is O=C(c1ccccc1)[C@H]1C[C@]1(C#Cc1ccccc1)c1ccccc1. The van der Waals surface area contributed by atoms with E-state index < -0.39 is 0 Å². The molecule has 1 aliphatic rings. The van der Waals surface area contributed by atoms with Crippen LogP contribution >= 0.6 is 0 Å². The van der Waals surface area contributed by atoms with Gasteiger partial charge in [0.2, 0.25) is 0 Å². The Balaban J connectivity index is 1.71. The molecular formula is C24H18O. The number of benzene rings is 3. The first-order valence-electron chi connectivity index (χ1n) is 8.53. The van der Waals surface area contributed by atoms with Gasteiger partial charge in [0.1, 0.15) is 0 Å². The number of Topliss-reactive ketones (excluding diaryl/α,β-unsaturated/α-hetero) is 1. The molecule has 3 aromatic carbocycles. The highest BCUT2D eigenvalue weighted by molar-refractivity contribution is 6.01. The van der Waals surface area contributed by atoms with Crippen molar-refractivity contribution in [3.05, 3.63) is 108 Å². The van der Waals surface area contributed by atoms with E-state index in [1.807, 2.05) is 78.9 Å². The van der Waals surface area contributed by atoms with Crippen molar-refractivity contribution < 1.29 is 4.79 Å². The maximum absolute atomic E-state index is 12.9. The van der Waals surface area contributed by atoms with Gasteiger partial charge in [-0.05, 0) is 24.1 Å². The monoisotopic (exact) mass is 322 g/mol. The van der Waals surface area contributed by atoms with E-state index >= 15 is 0 Å². The molecule has 1 fully saturated rings. The summed E-state index contributed by atoms with van der Waals surface area (Å²) in [6.45, 7) is 0. The van der Waals surface area contributed by atoms with Crippen molar-refractivity contribution in [2.24, 2.45) is 5.92 Å². The van der Waals surface area contributed by atoms with Gasteiger partial charge in [-0.3, -0.25) is 4.79 Å². The lowest BCUT2D eigenvalue weighted by molar-refractivity contribution is 0.0961. The number of carbonyl (C=O) groups excluding carboxylic acids is 1. The highest BCUT2D eigenvalue weighted by atomic mass is 16.1. The zero-order valence-corrected chi connectivity index (χ0v) is 13.9. The normalized spacial score (nSPS) is 21.0. The van der Waals surface area contributed by atoms with Gasteiger partial charge in [-0.25, -0.2) is 0 Å². The van der Waals surface area contributed by atoms with Crippen LogP contribution in [0.1, 0.15) is 27.9 Å². The molecule has 0 saturated heterocycles. The number of ketones is 1. The van der Waals surface area contributed by atoms with Crippen molar-refractivity contribution in [3.63, 3.8) is 0 Å². The van der Waals surface area contributed by atoms with E-state index in [-0.39, 0.29) is 17.1 Å². The Kier molecular flexibility index (Phi) is 3.96. The predicted molar refractivity (Wildman–Crippen MR) is 100 cm³/mol. The lowest BCUT2D eigenvalue weighted by Crippen LogP contribution is -2.14. The summed E-state index contributed by atoms with van der Waals surface area (Å²) in [5, 5.41) is 0. The van der Waals surface area contributed by atoms with E-state index in [0.717, 1.165) is 23.1 Å². The van der Waals surface area contributed by atoms with Gasteiger partial charge in [0.25, 0.3) is 0 Å². The van der Waals surface area contributed by atoms with Crippen molar-refractivity contribution in [1.29, 1.82) is 0 Å². The fraction of sp³-hybridized carbons (Fsp3) is 0.125. The zero-order chi connectivity index (χ0) is 17.1. The minimum atomic E-state index is -0.371. The summed E-state index contributed by atoms with van der Waals surface area (Å²) in [4.78, 5) is 12.9. The van der Waals surface area contributed by atoms with Crippen LogP contribution in [-0.4, -0.2) is 5.78 Å². The minimum absolute atomic E-state index is 0.0755. The van der Waals surface area contributed by atoms with E-state index in [1.165, 1.54) is 0 Å². The maximum atomic E-state index is 12.9. The summed E-state index contributed by atoms with van der Waals surface area (Å²) in [7, 11) is 0. The van der Waals surface area contributed by atoms with Gasteiger partial charge >= 0.3 is 0 Å². The first kappa shape index (κ1) is 15.4. The zero-order valence-electron chi connectivity index (χ0n) is 13.9. The summed E-state index contributed by atoms with van der Waals surface area (Å²) in [5.41, 5.74) is 2.51. The first-order chi connectivity index (χ1) is 12.3. The number of rotatable bonds is 3. The molecule has 0 amide bonds. The molecule has 4 rings (SSSR count). The van der Waals surface area contributed by atoms with E-state index in [2.05, 4.69) is 24.0 Å². The van der Waals surface area contributed by atoms with Crippen molar-refractivity contribution in [2.75, 3.05) is 0 Å². The fourth-order valence-electron chi connectivity index (χ4n) is 3.35. The van der Waals surface area contributed by atoms with Crippen molar-refractivity contribution in [2.45, 2.75) is 11.8 Å². The van der Waals surface area contributed by atoms with Crippen LogP contribution in [0.3, 0.4) is 0 Å². The fourth-order valence-corrected chi connectivity index (χ4v) is 3.35. The van der Waals surface area contributed by atoms with Gasteiger partial charge in [-0.2, -0.15) is 0 Å². The van der Waals surface area contributed by atoms with Gasteiger partial charge in [-0.15, -0.1) is 0 Å². The first-order valence-corrected chi connectivity index (χ1v) is 8.53. The lowest BCUT2D eigenvalue weighted by atomic mass is 9.90. The number of hydrogen-bond acceptors (Lipinski definition) is 1. The third-order valence-electron chi connectivity index (χ3n) is 4.83. The standard InChI is InChI=1S/C24H18O/c25-23(20-12-6-2-7-13-20)22-18-24(22,21-14-8-3-9-15-21)17-16-19-10-4-1-5-11-19/h1-15,22H,18H2/t22-,24-/m1/s1. The molecule has 25 heavy (non-hydrogen) atoms. The van der Waals surface area contributed by atoms with Crippen LogP contribution in [0.25, 0.3) is 0 Å². The molecule has 0 bridgehead atoms. The Bertz CT molecular complexity index is 933. The quantitative estimate of drug-likeness (QED) is 0.496. The molecule has 0 spiro atoms. The van der Waals surface area contributed by atoms with E-state index in [0.29, 0.717) is 0 Å². The molecule has 3 aromatic rings. The van der Waals surface area contributed by atoms with Crippen LogP contribution < -0.4 is 0 Å². The second-order valence-electron chi connectivity index (χ2n) is 6.44. The van der Waals surface area contributed by atoms with Crippen LogP contribution in [0, 0.1) is 17.8 Å². The summed E-state index contributed by atoms with van der Waals surface area (Å²) in [5.74, 6) is 6.82. The third-order valence-corrected chi connectivity index (χ3v) is 4.83. The molecule has 0 radical (unpaired) electrons. The number of hydrogen-bond donors (Lipinski definition) is 0. The maximum Gasteiger partial charge on any atom is 0.167 e. The Hall–Kier alpha value is -3.11. The molecule has 1 heteroatoms.